The third-order valence-electron chi connectivity index (χ3n) is 4.23. The van der Waals surface area contributed by atoms with E-state index in [2.05, 4.69) is 15.5 Å². The van der Waals surface area contributed by atoms with Crippen molar-refractivity contribution in [3.8, 4) is 0 Å². The van der Waals surface area contributed by atoms with Gasteiger partial charge in [0, 0.05) is 26.2 Å². The van der Waals surface area contributed by atoms with E-state index in [0.717, 1.165) is 26.2 Å². The van der Waals surface area contributed by atoms with Gasteiger partial charge in [-0.2, -0.15) is 0 Å². The Kier molecular flexibility index (Phi) is 5.95. The Labute approximate surface area is 120 Å². The molecule has 116 valence electrons. The molecule has 1 heterocycles. The van der Waals surface area contributed by atoms with Crippen molar-refractivity contribution in [2.45, 2.75) is 45.7 Å². The average Bonchev–Trinajstić information content (AvgIpc) is 2.44. The minimum Gasteiger partial charge on any atom is -0.480 e. The monoisotopic (exact) mass is 285 g/mol. The molecule has 0 bridgehead atoms. The maximum Gasteiger partial charge on any atom is 0.326 e. The Morgan fingerprint density at radius 1 is 1.35 bits per heavy atom. The number of carbonyl (C=O) groups excluding carboxylic acids is 1. The molecule has 1 saturated heterocycles. The van der Waals surface area contributed by atoms with Crippen LogP contribution in [0.4, 0.5) is 0 Å². The van der Waals surface area contributed by atoms with Crippen LogP contribution in [0.5, 0.6) is 0 Å². The normalized spacial score (nSPS) is 20.2. The van der Waals surface area contributed by atoms with Crippen molar-refractivity contribution in [2.75, 3.05) is 26.2 Å². The van der Waals surface area contributed by atoms with Crippen molar-refractivity contribution < 1.29 is 14.7 Å². The number of carboxylic acid groups (broad SMARTS) is 1. The number of hydrogen-bond acceptors (Lipinski definition) is 4. The lowest BCUT2D eigenvalue weighted by molar-refractivity contribution is -0.145. The summed E-state index contributed by atoms with van der Waals surface area (Å²) in [5.74, 6) is -1.27. The maximum absolute atomic E-state index is 12.5. The molecular formula is C14H27N3O3. The van der Waals surface area contributed by atoms with Crippen LogP contribution in [0, 0.1) is 5.92 Å². The quantitative estimate of drug-likeness (QED) is 0.653. The maximum atomic E-state index is 12.5. The zero-order valence-corrected chi connectivity index (χ0v) is 12.9. The van der Waals surface area contributed by atoms with Crippen LogP contribution in [0.25, 0.3) is 0 Å². The van der Waals surface area contributed by atoms with Gasteiger partial charge in [-0.15, -0.1) is 0 Å². The highest BCUT2D eigenvalue weighted by Gasteiger charge is 2.38. The molecule has 0 saturated carbocycles. The van der Waals surface area contributed by atoms with Crippen LogP contribution >= 0.6 is 0 Å². The zero-order chi connectivity index (χ0) is 15.3. The first kappa shape index (κ1) is 16.9. The van der Waals surface area contributed by atoms with Crippen LogP contribution in [-0.4, -0.2) is 59.6 Å². The first-order valence-corrected chi connectivity index (χ1v) is 7.30. The third kappa shape index (κ3) is 3.93. The lowest BCUT2D eigenvalue weighted by Gasteiger charge is -2.40. The molecule has 6 heteroatoms. The van der Waals surface area contributed by atoms with E-state index in [-0.39, 0.29) is 11.8 Å². The second-order valence-corrected chi connectivity index (χ2v) is 5.97. The van der Waals surface area contributed by atoms with Crippen LogP contribution < -0.4 is 10.6 Å². The number of carbonyl (C=O) groups is 2. The van der Waals surface area contributed by atoms with Gasteiger partial charge in [-0.1, -0.05) is 20.3 Å². The predicted octanol–water partition coefficient (Wildman–Crippen LogP) is 0.286. The van der Waals surface area contributed by atoms with Crippen LogP contribution in [0.1, 0.15) is 34.1 Å². The summed E-state index contributed by atoms with van der Waals surface area (Å²) in [5, 5.41) is 15.2. The van der Waals surface area contributed by atoms with E-state index >= 15 is 0 Å². The highest BCUT2D eigenvalue weighted by atomic mass is 16.4. The number of amides is 1. The molecule has 2 atom stereocenters. The third-order valence-corrected chi connectivity index (χ3v) is 4.23. The summed E-state index contributed by atoms with van der Waals surface area (Å²) in [6, 6.07) is -0.824. The summed E-state index contributed by atoms with van der Waals surface area (Å²) in [4.78, 5) is 25.9. The molecular weight excluding hydrogens is 258 g/mol. The number of hydrogen-bond donors (Lipinski definition) is 3. The fraction of sp³-hybridized carbons (Fsp3) is 0.857. The number of nitrogens with zero attached hydrogens (tertiary/aromatic N) is 1. The Morgan fingerprint density at radius 2 is 1.90 bits per heavy atom. The Bertz CT molecular complexity index is 352. The molecule has 1 aliphatic rings. The highest BCUT2D eigenvalue weighted by Crippen LogP contribution is 2.17. The van der Waals surface area contributed by atoms with Crippen LogP contribution in [0.15, 0.2) is 0 Å². The second-order valence-electron chi connectivity index (χ2n) is 5.97. The number of rotatable bonds is 6. The fourth-order valence-corrected chi connectivity index (χ4v) is 2.37. The van der Waals surface area contributed by atoms with E-state index in [1.54, 1.807) is 0 Å². The van der Waals surface area contributed by atoms with Gasteiger partial charge in [0.25, 0.3) is 0 Å². The van der Waals surface area contributed by atoms with E-state index in [4.69, 9.17) is 0 Å². The lowest BCUT2D eigenvalue weighted by Crippen LogP contribution is -2.62. The predicted molar refractivity (Wildman–Crippen MR) is 77.5 cm³/mol. The lowest BCUT2D eigenvalue weighted by atomic mass is 9.95. The smallest absolute Gasteiger partial charge is 0.326 e. The van der Waals surface area contributed by atoms with Gasteiger partial charge in [-0.25, -0.2) is 4.79 Å². The summed E-state index contributed by atoms with van der Waals surface area (Å²) in [6.45, 7) is 10.8. The van der Waals surface area contributed by atoms with E-state index in [1.807, 2.05) is 27.7 Å². The topological polar surface area (TPSA) is 81.7 Å². The highest BCUT2D eigenvalue weighted by molar-refractivity contribution is 5.89. The summed E-state index contributed by atoms with van der Waals surface area (Å²) in [7, 11) is 0. The number of piperazine rings is 1. The number of carboxylic acids is 1. The van der Waals surface area contributed by atoms with Crippen molar-refractivity contribution in [3.63, 3.8) is 0 Å². The molecule has 0 aliphatic carbocycles. The van der Waals surface area contributed by atoms with Gasteiger partial charge >= 0.3 is 5.97 Å². The molecule has 0 radical (unpaired) electrons. The van der Waals surface area contributed by atoms with E-state index in [0.29, 0.717) is 6.42 Å². The molecule has 1 rings (SSSR count). The minimum absolute atomic E-state index is 0.0877. The van der Waals surface area contributed by atoms with Crippen molar-refractivity contribution in [2.24, 2.45) is 5.92 Å². The largest absolute Gasteiger partial charge is 0.480 e. The molecule has 1 amide bonds. The van der Waals surface area contributed by atoms with Gasteiger partial charge in [0.05, 0.1) is 5.54 Å². The fourth-order valence-electron chi connectivity index (χ4n) is 2.37. The summed E-state index contributed by atoms with van der Waals surface area (Å²) < 4.78 is 0. The van der Waals surface area contributed by atoms with E-state index < -0.39 is 17.6 Å². The van der Waals surface area contributed by atoms with E-state index in [1.165, 1.54) is 0 Å². The van der Waals surface area contributed by atoms with Gasteiger partial charge in [0.15, 0.2) is 0 Å². The van der Waals surface area contributed by atoms with Crippen LogP contribution in [-0.2, 0) is 9.59 Å². The van der Waals surface area contributed by atoms with Crippen LogP contribution in [0.3, 0.4) is 0 Å². The van der Waals surface area contributed by atoms with Crippen LogP contribution in [0.2, 0.25) is 0 Å². The van der Waals surface area contributed by atoms with Gasteiger partial charge < -0.3 is 15.7 Å². The van der Waals surface area contributed by atoms with Crippen molar-refractivity contribution in [1.82, 2.24) is 15.5 Å². The van der Waals surface area contributed by atoms with Crippen molar-refractivity contribution in [1.29, 1.82) is 0 Å². The number of aliphatic carboxylic acids is 1. The van der Waals surface area contributed by atoms with Gasteiger partial charge in [-0.3, -0.25) is 9.69 Å². The van der Waals surface area contributed by atoms with Gasteiger partial charge in [-0.05, 0) is 19.8 Å². The standard InChI is InChI=1S/C14H27N3O3/c1-5-10(2)11(12(18)19)16-13(20)14(3,4)17-8-6-15-7-9-17/h10-11,15H,5-9H2,1-4H3,(H,16,20)(H,18,19)/t10-,11-/m0/s1. The molecule has 0 aromatic heterocycles. The van der Waals surface area contributed by atoms with Gasteiger partial charge in [0.1, 0.15) is 6.04 Å². The summed E-state index contributed by atoms with van der Waals surface area (Å²) >= 11 is 0. The molecule has 1 aliphatic heterocycles. The SMILES string of the molecule is CC[C@H](C)[C@H](NC(=O)C(C)(C)N1CCNCC1)C(=O)O. The van der Waals surface area contributed by atoms with Crippen molar-refractivity contribution in [3.05, 3.63) is 0 Å². The minimum atomic E-state index is -0.969. The second kappa shape index (κ2) is 7.04. The Balaban J connectivity index is 2.73. The molecule has 0 aromatic carbocycles. The zero-order valence-electron chi connectivity index (χ0n) is 12.9. The summed E-state index contributed by atoms with van der Waals surface area (Å²) in [6.07, 6.45) is 0.714. The molecule has 1 fully saturated rings. The first-order valence-electron chi connectivity index (χ1n) is 7.30. The summed E-state index contributed by atoms with van der Waals surface area (Å²) in [5.41, 5.74) is -0.691. The Hall–Kier alpha value is -1.14. The Morgan fingerprint density at radius 3 is 2.35 bits per heavy atom. The van der Waals surface area contributed by atoms with Gasteiger partial charge in [0.2, 0.25) is 5.91 Å². The number of nitrogens with one attached hydrogen (secondary N) is 2. The molecule has 3 N–H and O–H groups in total. The van der Waals surface area contributed by atoms with E-state index in [9.17, 15) is 14.7 Å². The molecule has 6 nitrogen and oxygen atoms in total. The molecule has 20 heavy (non-hydrogen) atoms. The molecule has 0 aromatic rings. The molecule has 0 spiro atoms. The first-order chi connectivity index (χ1) is 9.30. The van der Waals surface area contributed by atoms with Crippen molar-refractivity contribution >= 4 is 11.9 Å². The average molecular weight is 285 g/mol. The molecule has 0 unspecified atom stereocenters.